The molecule has 2 aliphatic rings. The van der Waals surface area contributed by atoms with E-state index in [1.54, 1.807) is 0 Å². The molecule has 15 heavy (non-hydrogen) atoms. The van der Waals surface area contributed by atoms with Crippen molar-refractivity contribution < 1.29 is 9.53 Å². The Bertz CT molecular complexity index is 209. The molecule has 2 rings (SSSR count). The summed E-state index contributed by atoms with van der Waals surface area (Å²) in [7, 11) is 0. The van der Waals surface area contributed by atoms with Gasteiger partial charge in [0.2, 0.25) is 0 Å². The second kappa shape index (κ2) is 5.35. The van der Waals surface area contributed by atoms with E-state index in [-0.39, 0.29) is 6.09 Å². The maximum absolute atomic E-state index is 11.6. The van der Waals surface area contributed by atoms with Gasteiger partial charge in [-0.05, 0) is 38.6 Å². The van der Waals surface area contributed by atoms with Crippen molar-refractivity contribution in [1.29, 1.82) is 0 Å². The lowest BCUT2D eigenvalue weighted by Gasteiger charge is -2.26. The fraction of sp³-hybridized carbons (Fsp3) is 0.909. The first kappa shape index (κ1) is 10.7. The van der Waals surface area contributed by atoms with Gasteiger partial charge in [0.25, 0.3) is 0 Å². The summed E-state index contributed by atoms with van der Waals surface area (Å²) >= 11 is 0. The first-order valence-electron chi connectivity index (χ1n) is 6.01. The number of amides is 1. The molecule has 1 atom stereocenters. The number of carbonyl (C=O) groups is 1. The summed E-state index contributed by atoms with van der Waals surface area (Å²) in [6.07, 6.45) is 5.70. The number of likely N-dealkylation sites (tertiary alicyclic amines) is 1. The van der Waals surface area contributed by atoms with Crippen LogP contribution in [-0.2, 0) is 4.74 Å². The van der Waals surface area contributed by atoms with Crippen molar-refractivity contribution >= 4 is 6.09 Å². The summed E-state index contributed by atoms with van der Waals surface area (Å²) in [5.41, 5.74) is 0. The van der Waals surface area contributed by atoms with Crippen LogP contribution in [0.3, 0.4) is 0 Å². The van der Waals surface area contributed by atoms with Crippen molar-refractivity contribution in [3.05, 3.63) is 0 Å². The zero-order chi connectivity index (χ0) is 10.5. The number of rotatable bonds is 2. The SMILES string of the molecule is O=C(OCC1CCCN1)N1CCCCC1. The Morgan fingerprint density at radius 3 is 2.73 bits per heavy atom. The van der Waals surface area contributed by atoms with Gasteiger partial charge in [0.15, 0.2) is 0 Å². The van der Waals surface area contributed by atoms with Crippen LogP contribution in [0.1, 0.15) is 32.1 Å². The van der Waals surface area contributed by atoms with Gasteiger partial charge >= 0.3 is 6.09 Å². The van der Waals surface area contributed by atoms with E-state index in [1.807, 2.05) is 4.90 Å². The van der Waals surface area contributed by atoms with E-state index in [2.05, 4.69) is 5.32 Å². The second-order valence-corrected chi connectivity index (χ2v) is 4.42. The molecule has 4 nitrogen and oxygen atoms in total. The lowest BCUT2D eigenvalue weighted by atomic mass is 10.1. The standard InChI is InChI=1S/C11H20N2O2/c14-11(13-7-2-1-3-8-13)15-9-10-5-4-6-12-10/h10,12H,1-9H2. The molecule has 1 unspecified atom stereocenters. The average molecular weight is 212 g/mol. The third kappa shape index (κ3) is 3.09. The van der Waals surface area contributed by atoms with Crippen LogP contribution in [0.25, 0.3) is 0 Å². The maximum atomic E-state index is 11.6. The number of hydrogen-bond acceptors (Lipinski definition) is 3. The van der Waals surface area contributed by atoms with E-state index < -0.39 is 0 Å². The minimum Gasteiger partial charge on any atom is -0.448 e. The molecule has 1 N–H and O–H groups in total. The van der Waals surface area contributed by atoms with Crippen LogP contribution >= 0.6 is 0 Å². The van der Waals surface area contributed by atoms with Crippen molar-refractivity contribution in [3.63, 3.8) is 0 Å². The zero-order valence-corrected chi connectivity index (χ0v) is 9.21. The van der Waals surface area contributed by atoms with Gasteiger partial charge < -0.3 is 15.0 Å². The number of carbonyl (C=O) groups excluding carboxylic acids is 1. The van der Waals surface area contributed by atoms with E-state index in [0.29, 0.717) is 12.6 Å². The molecule has 4 heteroatoms. The zero-order valence-electron chi connectivity index (χ0n) is 9.21. The van der Waals surface area contributed by atoms with Crippen LogP contribution in [0.4, 0.5) is 4.79 Å². The van der Waals surface area contributed by atoms with Crippen LogP contribution in [-0.4, -0.2) is 43.3 Å². The molecule has 0 radical (unpaired) electrons. The Balaban J connectivity index is 1.66. The van der Waals surface area contributed by atoms with Gasteiger partial charge in [0.1, 0.15) is 6.61 Å². The summed E-state index contributed by atoms with van der Waals surface area (Å²) in [5, 5.41) is 3.32. The normalized spacial score (nSPS) is 26.7. The second-order valence-electron chi connectivity index (χ2n) is 4.42. The number of piperidine rings is 1. The molecular formula is C11H20N2O2. The molecule has 0 spiro atoms. The molecule has 0 aromatic carbocycles. The van der Waals surface area contributed by atoms with Crippen LogP contribution in [0, 0.1) is 0 Å². The van der Waals surface area contributed by atoms with Crippen molar-refractivity contribution in [2.45, 2.75) is 38.1 Å². The van der Waals surface area contributed by atoms with E-state index >= 15 is 0 Å². The predicted molar refractivity (Wildman–Crippen MR) is 57.8 cm³/mol. The van der Waals surface area contributed by atoms with Gasteiger partial charge in [-0.15, -0.1) is 0 Å². The molecule has 2 saturated heterocycles. The van der Waals surface area contributed by atoms with Crippen LogP contribution in [0.2, 0.25) is 0 Å². The van der Waals surface area contributed by atoms with Gasteiger partial charge in [-0.1, -0.05) is 0 Å². The molecule has 2 aliphatic heterocycles. The van der Waals surface area contributed by atoms with E-state index in [1.165, 1.54) is 12.8 Å². The highest BCUT2D eigenvalue weighted by Gasteiger charge is 2.20. The van der Waals surface area contributed by atoms with Crippen molar-refractivity contribution in [1.82, 2.24) is 10.2 Å². The Morgan fingerprint density at radius 2 is 2.07 bits per heavy atom. The maximum Gasteiger partial charge on any atom is 0.409 e. The molecule has 0 saturated carbocycles. The predicted octanol–water partition coefficient (Wildman–Crippen LogP) is 1.36. The highest BCUT2D eigenvalue weighted by Crippen LogP contribution is 2.11. The summed E-state index contributed by atoms with van der Waals surface area (Å²) in [5.74, 6) is 0. The first-order chi connectivity index (χ1) is 7.36. The van der Waals surface area contributed by atoms with Gasteiger partial charge in [-0.25, -0.2) is 4.79 Å². The molecule has 0 aliphatic carbocycles. The highest BCUT2D eigenvalue weighted by atomic mass is 16.6. The van der Waals surface area contributed by atoms with Crippen molar-refractivity contribution in [2.75, 3.05) is 26.2 Å². The smallest absolute Gasteiger partial charge is 0.409 e. The van der Waals surface area contributed by atoms with Gasteiger partial charge in [-0.2, -0.15) is 0 Å². The molecule has 86 valence electrons. The van der Waals surface area contributed by atoms with Gasteiger partial charge in [-0.3, -0.25) is 0 Å². The lowest BCUT2D eigenvalue weighted by Crippen LogP contribution is -2.38. The third-order valence-electron chi connectivity index (χ3n) is 3.18. The quantitative estimate of drug-likeness (QED) is 0.751. The fourth-order valence-electron chi connectivity index (χ4n) is 2.24. The Morgan fingerprint density at radius 1 is 1.27 bits per heavy atom. The van der Waals surface area contributed by atoms with Crippen LogP contribution in [0.5, 0.6) is 0 Å². The van der Waals surface area contributed by atoms with Crippen molar-refractivity contribution in [2.24, 2.45) is 0 Å². The van der Waals surface area contributed by atoms with Crippen LogP contribution in [0.15, 0.2) is 0 Å². The Kier molecular flexibility index (Phi) is 3.83. The summed E-state index contributed by atoms with van der Waals surface area (Å²) in [6.45, 7) is 3.34. The Labute approximate surface area is 91.0 Å². The Hall–Kier alpha value is -0.770. The van der Waals surface area contributed by atoms with Crippen LogP contribution < -0.4 is 5.32 Å². The molecular weight excluding hydrogens is 192 g/mol. The largest absolute Gasteiger partial charge is 0.448 e. The number of hydrogen-bond donors (Lipinski definition) is 1. The number of nitrogens with one attached hydrogen (secondary N) is 1. The molecule has 1 amide bonds. The topological polar surface area (TPSA) is 41.6 Å². The molecule has 2 fully saturated rings. The lowest BCUT2D eigenvalue weighted by molar-refractivity contribution is 0.0884. The van der Waals surface area contributed by atoms with Crippen molar-refractivity contribution in [3.8, 4) is 0 Å². The first-order valence-corrected chi connectivity index (χ1v) is 6.01. The molecule has 0 aromatic rings. The van der Waals surface area contributed by atoms with Gasteiger partial charge in [0, 0.05) is 19.1 Å². The van der Waals surface area contributed by atoms with E-state index in [0.717, 1.165) is 38.9 Å². The molecule has 0 bridgehead atoms. The average Bonchev–Trinajstić information content (AvgIpc) is 2.80. The summed E-state index contributed by atoms with van der Waals surface area (Å²) in [4.78, 5) is 13.5. The number of ether oxygens (including phenoxy) is 1. The van der Waals surface area contributed by atoms with E-state index in [4.69, 9.17) is 4.74 Å². The number of nitrogens with zero attached hydrogens (tertiary/aromatic N) is 1. The monoisotopic (exact) mass is 212 g/mol. The highest BCUT2D eigenvalue weighted by molar-refractivity contribution is 5.67. The molecule has 0 aromatic heterocycles. The fourth-order valence-corrected chi connectivity index (χ4v) is 2.24. The minimum atomic E-state index is -0.122. The molecule has 2 heterocycles. The summed E-state index contributed by atoms with van der Waals surface area (Å²) in [6, 6.07) is 0.388. The summed E-state index contributed by atoms with van der Waals surface area (Å²) < 4.78 is 5.29. The van der Waals surface area contributed by atoms with Gasteiger partial charge in [0.05, 0.1) is 0 Å². The third-order valence-corrected chi connectivity index (χ3v) is 3.18. The van der Waals surface area contributed by atoms with E-state index in [9.17, 15) is 4.79 Å². The minimum absolute atomic E-state index is 0.122.